The Morgan fingerprint density at radius 3 is 2.27 bits per heavy atom. The van der Waals surface area contributed by atoms with Crippen molar-refractivity contribution in [1.29, 1.82) is 0 Å². The second-order valence-corrected chi connectivity index (χ2v) is 11.5. The summed E-state index contributed by atoms with van der Waals surface area (Å²) < 4.78 is 11.2. The van der Waals surface area contributed by atoms with Crippen molar-refractivity contribution >= 4 is 17.9 Å². The zero-order valence-corrected chi connectivity index (χ0v) is 25.2. The minimum atomic E-state index is -1.02. The summed E-state index contributed by atoms with van der Waals surface area (Å²) in [6.45, 7) is 11.6. The van der Waals surface area contributed by atoms with Gasteiger partial charge in [0.15, 0.2) is 0 Å². The molecular weight excluding hydrogens is 522 g/mol. The van der Waals surface area contributed by atoms with Gasteiger partial charge in [0.25, 0.3) is 0 Å². The smallest absolute Gasteiger partial charge is 0.408 e. The van der Waals surface area contributed by atoms with Gasteiger partial charge in [-0.2, -0.15) is 0 Å². The summed E-state index contributed by atoms with van der Waals surface area (Å²) in [5.41, 5.74) is 1.17. The van der Waals surface area contributed by atoms with E-state index in [4.69, 9.17) is 9.47 Å². The Balaban J connectivity index is 2.13. The van der Waals surface area contributed by atoms with Gasteiger partial charge in [0.2, 0.25) is 11.8 Å². The third kappa shape index (κ3) is 13.1. The zero-order valence-electron chi connectivity index (χ0n) is 25.2. The number of rotatable bonds is 15. The molecule has 0 radical (unpaired) electrons. The van der Waals surface area contributed by atoms with Gasteiger partial charge in [-0.25, -0.2) is 4.79 Å². The van der Waals surface area contributed by atoms with Crippen LogP contribution in [0.15, 0.2) is 54.6 Å². The lowest BCUT2D eigenvalue weighted by Crippen LogP contribution is -2.53. The van der Waals surface area contributed by atoms with E-state index in [0.29, 0.717) is 25.3 Å². The number of unbranched alkanes of at least 4 members (excludes halogenated alkanes) is 1. The van der Waals surface area contributed by atoms with Crippen LogP contribution in [0.4, 0.5) is 4.79 Å². The Kier molecular flexibility index (Phi) is 13.6. The average Bonchev–Trinajstić information content (AvgIpc) is 2.91. The van der Waals surface area contributed by atoms with Gasteiger partial charge < -0.3 is 30.5 Å². The van der Waals surface area contributed by atoms with Crippen LogP contribution in [0.5, 0.6) is 5.75 Å². The predicted molar refractivity (Wildman–Crippen MR) is 159 cm³/mol. The molecule has 0 heterocycles. The van der Waals surface area contributed by atoms with Gasteiger partial charge in [0.1, 0.15) is 24.0 Å². The molecule has 2 aromatic carbocycles. The highest BCUT2D eigenvalue weighted by Gasteiger charge is 2.29. The molecule has 3 unspecified atom stereocenters. The summed E-state index contributed by atoms with van der Waals surface area (Å²) in [5, 5.41) is 19.5. The van der Waals surface area contributed by atoms with Crippen molar-refractivity contribution in [3.05, 3.63) is 65.7 Å². The molecule has 4 N–H and O–H groups in total. The maximum absolute atomic E-state index is 13.1. The molecule has 0 aliphatic rings. The van der Waals surface area contributed by atoms with E-state index in [1.807, 2.05) is 61.5 Å². The first-order valence-corrected chi connectivity index (χ1v) is 14.4. The highest BCUT2D eigenvalue weighted by atomic mass is 16.6. The molecule has 3 amide bonds. The first-order valence-electron chi connectivity index (χ1n) is 14.4. The standard InChI is InChI=1S/C32H47N3O6/c1-7-8-17-33-29(37)22(2)18-28(36)27(35-30(38)23(3)34-31(39)41-32(4,5)6)20-25-15-12-16-26(19-25)40-21-24-13-10-9-11-14-24/h9-16,19,22-23,27-28,36H,7-8,17-18,20-21H2,1-6H3,(H,33,37)(H,34,39)(H,35,38)/t22?,23-,27?,28?/m0/s1. The molecule has 2 rings (SSSR count). The Labute approximate surface area is 244 Å². The number of amides is 3. The van der Waals surface area contributed by atoms with Crippen molar-refractivity contribution in [1.82, 2.24) is 16.0 Å². The number of aliphatic hydroxyl groups is 1. The summed E-state index contributed by atoms with van der Waals surface area (Å²) in [4.78, 5) is 37.8. The first-order chi connectivity index (χ1) is 19.4. The molecule has 4 atom stereocenters. The molecule has 0 aromatic heterocycles. The molecule has 0 spiro atoms. The van der Waals surface area contributed by atoms with E-state index >= 15 is 0 Å². The van der Waals surface area contributed by atoms with Crippen LogP contribution in [0.25, 0.3) is 0 Å². The molecular formula is C32H47N3O6. The van der Waals surface area contributed by atoms with E-state index in [-0.39, 0.29) is 12.3 Å². The number of carbonyl (C=O) groups excluding carboxylic acids is 3. The quantitative estimate of drug-likeness (QED) is 0.234. The maximum atomic E-state index is 13.1. The normalized spacial score (nSPS) is 14.2. The lowest BCUT2D eigenvalue weighted by molar-refractivity contribution is -0.126. The first kappa shape index (κ1) is 33.6. The molecule has 0 saturated heterocycles. The highest BCUT2D eigenvalue weighted by molar-refractivity contribution is 5.85. The van der Waals surface area contributed by atoms with Crippen LogP contribution in [0, 0.1) is 5.92 Å². The number of hydrogen-bond donors (Lipinski definition) is 4. The molecule has 9 heteroatoms. The Morgan fingerprint density at radius 1 is 0.927 bits per heavy atom. The summed E-state index contributed by atoms with van der Waals surface area (Å²) in [5.74, 6) is -0.413. The van der Waals surface area contributed by atoms with E-state index in [0.717, 1.165) is 24.0 Å². The van der Waals surface area contributed by atoms with Crippen LogP contribution in [-0.2, 0) is 27.4 Å². The highest BCUT2D eigenvalue weighted by Crippen LogP contribution is 2.19. The van der Waals surface area contributed by atoms with E-state index in [2.05, 4.69) is 16.0 Å². The van der Waals surface area contributed by atoms with E-state index in [1.165, 1.54) is 0 Å². The van der Waals surface area contributed by atoms with Gasteiger partial charge in [-0.1, -0.05) is 62.7 Å². The molecule has 9 nitrogen and oxygen atoms in total. The van der Waals surface area contributed by atoms with E-state index in [1.54, 1.807) is 34.6 Å². The molecule has 0 fully saturated rings. The van der Waals surface area contributed by atoms with Gasteiger partial charge in [-0.15, -0.1) is 0 Å². The van der Waals surface area contributed by atoms with Gasteiger partial charge in [0, 0.05) is 12.5 Å². The van der Waals surface area contributed by atoms with Crippen LogP contribution < -0.4 is 20.7 Å². The van der Waals surface area contributed by atoms with Gasteiger partial charge in [-0.3, -0.25) is 9.59 Å². The zero-order chi connectivity index (χ0) is 30.4. The topological polar surface area (TPSA) is 126 Å². The van der Waals surface area contributed by atoms with Gasteiger partial charge in [-0.05, 0) is 70.2 Å². The lowest BCUT2D eigenvalue weighted by atomic mass is 9.93. The van der Waals surface area contributed by atoms with Crippen LogP contribution in [0.2, 0.25) is 0 Å². The van der Waals surface area contributed by atoms with Crippen LogP contribution >= 0.6 is 0 Å². The molecule has 0 bridgehead atoms. The molecule has 41 heavy (non-hydrogen) atoms. The van der Waals surface area contributed by atoms with Gasteiger partial charge in [0.05, 0.1) is 12.1 Å². The fourth-order valence-electron chi connectivity index (χ4n) is 4.09. The molecule has 0 saturated carbocycles. The molecule has 226 valence electrons. The maximum Gasteiger partial charge on any atom is 0.408 e. The lowest BCUT2D eigenvalue weighted by Gasteiger charge is -2.28. The number of hydrogen-bond acceptors (Lipinski definition) is 6. The number of alkyl carbamates (subject to hydrolysis) is 1. The van der Waals surface area contributed by atoms with Gasteiger partial charge >= 0.3 is 6.09 Å². The average molecular weight is 570 g/mol. The van der Waals surface area contributed by atoms with Crippen molar-refractivity contribution in [2.45, 2.75) is 97.6 Å². The number of carbonyl (C=O) groups is 3. The second kappa shape index (κ2) is 16.6. The molecule has 0 aliphatic heterocycles. The van der Waals surface area contributed by atoms with Crippen molar-refractivity contribution < 1.29 is 29.0 Å². The number of ether oxygens (including phenoxy) is 2. The number of nitrogens with one attached hydrogen (secondary N) is 3. The summed E-state index contributed by atoms with van der Waals surface area (Å²) in [6.07, 6.45) is 0.561. The Morgan fingerprint density at radius 2 is 1.61 bits per heavy atom. The van der Waals surface area contributed by atoms with E-state index in [9.17, 15) is 19.5 Å². The fraction of sp³-hybridized carbons (Fsp3) is 0.531. The Hall–Kier alpha value is -3.59. The van der Waals surface area contributed by atoms with Crippen molar-refractivity contribution in [2.24, 2.45) is 5.92 Å². The minimum absolute atomic E-state index is 0.140. The second-order valence-electron chi connectivity index (χ2n) is 11.5. The number of aliphatic hydroxyl groups excluding tert-OH is 1. The molecule has 2 aromatic rings. The van der Waals surface area contributed by atoms with Crippen LogP contribution in [-0.4, -0.2) is 53.3 Å². The summed E-state index contributed by atoms with van der Waals surface area (Å²) in [7, 11) is 0. The van der Waals surface area contributed by atoms with E-state index < -0.39 is 41.7 Å². The third-order valence-electron chi connectivity index (χ3n) is 6.39. The largest absolute Gasteiger partial charge is 0.489 e. The summed E-state index contributed by atoms with van der Waals surface area (Å²) >= 11 is 0. The molecule has 0 aliphatic carbocycles. The minimum Gasteiger partial charge on any atom is -0.489 e. The van der Waals surface area contributed by atoms with Crippen LogP contribution in [0.3, 0.4) is 0 Å². The third-order valence-corrected chi connectivity index (χ3v) is 6.39. The Bertz CT molecular complexity index is 1100. The monoisotopic (exact) mass is 569 g/mol. The van der Waals surface area contributed by atoms with Crippen LogP contribution in [0.1, 0.15) is 71.9 Å². The fourth-order valence-corrected chi connectivity index (χ4v) is 4.09. The van der Waals surface area contributed by atoms with Crippen molar-refractivity contribution in [3.8, 4) is 5.75 Å². The van der Waals surface area contributed by atoms with Crippen molar-refractivity contribution in [2.75, 3.05) is 6.54 Å². The predicted octanol–water partition coefficient (Wildman–Crippen LogP) is 4.51. The number of benzene rings is 2. The SMILES string of the molecule is CCCCNC(=O)C(C)CC(O)C(Cc1cccc(OCc2ccccc2)c1)NC(=O)[C@H](C)NC(=O)OC(C)(C)C. The summed E-state index contributed by atoms with van der Waals surface area (Å²) in [6, 6.07) is 15.7. The van der Waals surface area contributed by atoms with Crippen molar-refractivity contribution in [3.63, 3.8) is 0 Å².